The van der Waals surface area contributed by atoms with Gasteiger partial charge in [0, 0.05) is 44.1 Å². The van der Waals surface area contributed by atoms with Crippen LogP contribution < -0.4 is 9.46 Å². The highest BCUT2D eigenvalue weighted by atomic mass is 32.2. The van der Waals surface area contributed by atoms with Gasteiger partial charge in [0.25, 0.3) is 5.91 Å². The molecule has 0 aliphatic carbocycles. The number of piperidine rings is 1. The van der Waals surface area contributed by atoms with E-state index in [0.29, 0.717) is 37.1 Å². The Labute approximate surface area is 174 Å². The molecule has 1 aliphatic heterocycles. The Morgan fingerprint density at radius 2 is 1.87 bits per heavy atom. The minimum Gasteiger partial charge on any atom is -0.487 e. The van der Waals surface area contributed by atoms with Crippen LogP contribution in [0.1, 0.15) is 35.7 Å². The second-order valence-electron chi connectivity index (χ2n) is 7.16. The molecule has 162 valence electrons. The van der Waals surface area contributed by atoms with E-state index in [1.54, 1.807) is 24.8 Å². The number of carbonyl (C=O) groups is 1. The summed E-state index contributed by atoms with van der Waals surface area (Å²) in [6.07, 6.45) is 0.670. The molecule has 1 amide bonds. The van der Waals surface area contributed by atoms with Crippen molar-refractivity contribution in [3.8, 4) is 5.75 Å². The third-order valence-electron chi connectivity index (χ3n) is 5.00. The molecule has 0 aromatic heterocycles. The summed E-state index contributed by atoms with van der Waals surface area (Å²) in [6.45, 7) is 4.46. The van der Waals surface area contributed by atoms with Crippen molar-refractivity contribution in [2.75, 3.05) is 19.6 Å². The Balaban J connectivity index is 1.68. The minimum atomic E-state index is -3.67. The van der Waals surface area contributed by atoms with E-state index in [1.807, 2.05) is 0 Å². The highest BCUT2D eigenvalue weighted by molar-refractivity contribution is 7.89. The molecule has 9 heteroatoms. The maximum Gasteiger partial charge on any atom is 0.254 e. The smallest absolute Gasteiger partial charge is 0.254 e. The Morgan fingerprint density at radius 1 is 1.17 bits per heavy atom. The van der Waals surface area contributed by atoms with E-state index in [4.69, 9.17) is 4.74 Å². The number of rotatable bonds is 6. The third kappa shape index (κ3) is 4.96. The number of carbonyl (C=O) groups excluding carboxylic acids is 1. The molecule has 1 heterocycles. The van der Waals surface area contributed by atoms with Gasteiger partial charge in [-0.2, -0.15) is 0 Å². The Bertz CT molecular complexity index is 1040. The fourth-order valence-corrected chi connectivity index (χ4v) is 4.44. The van der Waals surface area contributed by atoms with Crippen molar-refractivity contribution in [3.05, 3.63) is 59.2 Å². The van der Waals surface area contributed by atoms with Crippen LogP contribution in [-0.2, 0) is 10.0 Å². The molecule has 1 N–H and O–H groups in total. The number of sulfonamides is 1. The summed E-state index contributed by atoms with van der Waals surface area (Å²) in [7, 11) is -3.67. The molecule has 0 unspecified atom stereocenters. The van der Waals surface area contributed by atoms with Gasteiger partial charge in [0.05, 0.1) is 4.90 Å². The van der Waals surface area contributed by atoms with Gasteiger partial charge in [-0.15, -0.1) is 0 Å². The number of likely N-dealkylation sites (tertiary alicyclic amines) is 1. The fourth-order valence-electron chi connectivity index (χ4n) is 3.37. The predicted octanol–water partition coefficient (Wildman–Crippen LogP) is 3.26. The first kappa shape index (κ1) is 22.2. The van der Waals surface area contributed by atoms with Gasteiger partial charge in [-0.05, 0) is 36.8 Å². The van der Waals surface area contributed by atoms with Crippen LogP contribution in [0.2, 0.25) is 0 Å². The molecule has 2 aromatic carbocycles. The summed E-state index contributed by atoms with van der Waals surface area (Å²) in [6, 6.07) is 7.64. The van der Waals surface area contributed by atoms with Crippen molar-refractivity contribution in [2.24, 2.45) is 0 Å². The van der Waals surface area contributed by atoms with E-state index >= 15 is 0 Å². The highest BCUT2D eigenvalue weighted by Gasteiger charge is 2.27. The molecule has 1 fully saturated rings. The van der Waals surface area contributed by atoms with Crippen LogP contribution in [-0.4, -0.2) is 45.0 Å². The number of halogens is 2. The van der Waals surface area contributed by atoms with Gasteiger partial charge in [0.2, 0.25) is 10.0 Å². The largest absolute Gasteiger partial charge is 0.487 e. The first-order valence-electron chi connectivity index (χ1n) is 9.72. The predicted molar refractivity (Wildman–Crippen MR) is 108 cm³/mol. The number of aryl methyl sites for hydroxylation is 1. The molecule has 3 rings (SSSR count). The number of nitrogens with one attached hydrogen (secondary N) is 1. The van der Waals surface area contributed by atoms with Crippen molar-refractivity contribution in [1.29, 1.82) is 0 Å². The number of hydrogen-bond donors (Lipinski definition) is 1. The maximum absolute atomic E-state index is 13.8. The van der Waals surface area contributed by atoms with Crippen LogP contribution in [0.4, 0.5) is 8.78 Å². The SMILES string of the molecule is CCNS(=O)(=O)c1ccc(C)c(C(=O)N2CCC(Oc3ccc(F)cc3F)CC2)c1. The molecule has 0 saturated carbocycles. The molecule has 0 spiro atoms. The molecule has 30 heavy (non-hydrogen) atoms. The van der Waals surface area contributed by atoms with E-state index in [1.165, 1.54) is 18.2 Å². The lowest BCUT2D eigenvalue weighted by Crippen LogP contribution is -2.42. The van der Waals surface area contributed by atoms with Gasteiger partial charge in [-0.25, -0.2) is 21.9 Å². The lowest BCUT2D eigenvalue weighted by Gasteiger charge is -2.32. The fraction of sp³-hybridized carbons (Fsp3) is 0.381. The van der Waals surface area contributed by atoms with E-state index in [9.17, 15) is 22.0 Å². The Hall–Kier alpha value is -2.52. The number of amides is 1. The summed E-state index contributed by atoms with van der Waals surface area (Å²) >= 11 is 0. The quantitative estimate of drug-likeness (QED) is 0.751. The monoisotopic (exact) mass is 438 g/mol. The lowest BCUT2D eigenvalue weighted by molar-refractivity contribution is 0.0587. The minimum absolute atomic E-state index is 0.0154. The van der Waals surface area contributed by atoms with Gasteiger partial charge in [-0.1, -0.05) is 13.0 Å². The number of ether oxygens (including phenoxy) is 1. The van der Waals surface area contributed by atoms with Crippen LogP contribution in [0.5, 0.6) is 5.75 Å². The number of nitrogens with zero attached hydrogens (tertiary/aromatic N) is 1. The van der Waals surface area contributed by atoms with Gasteiger partial charge in [0.15, 0.2) is 11.6 Å². The van der Waals surface area contributed by atoms with Gasteiger partial charge >= 0.3 is 0 Å². The van der Waals surface area contributed by atoms with E-state index < -0.39 is 21.7 Å². The second-order valence-corrected chi connectivity index (χ2v) is 8.93. The zero-order valence-corrected chi connectivity index (χ0v) is 17.6. The van der Waals surface area contributed by atoms with E-state index in [2.05, 4.69) is 4.72 Å². The lowest BCUT2D eigenvalue weighted by atomic mass is 10.0. The summed E-state index contributed by atoms with van der Waals surface area (Å²) in [5.41, 5.74) is 1.01. The molecule has 6 nitrogen and oxygen atoms in total. The topological polar surface area (TPSA) is 75.7 Å². The average Bonchev–Trinajstić information content (AvgIpc) is 2.70. The van der Waals surface area contributed by atoms with Crippen molar-refractivity contribution < 1.29 is 26.7 Å². The van der Waals surface area contributed by atoms with Crippen LogP contribution in [0.25, 0.3) is 0 Å². The molecular weight excluding hydrogens is 414 g/mol. The van der Waals surface area contributed by atoms with Crippen LogP contribution in [0.3, 0.4) is 0 Å². The Morgan fingerprint density at radius 3 is 2.50 bits per heavy atom. The molecule has 2 aromatic rings. The molecule has 1 aliphatic rings. The van der Waals surface area contributed by atoms with Crippen LogP contribution in [0.15, 0.2) is 41.3 Å². The maximum atomic E-state index is 13.8. The standard InChI is InChI=1S/C21H24F2N2O4S/c1-3-24-30(27,28)17-6-4-14(2)18(13-17)21(26)25-10-8-16(9-11-25)29-20-7-5-15(22)12-19(20)23/h4-7,12-13,16,24H,3,8-11H2,1-2H3. The van der Waals surface area contributed by atoms with Crippen molar-refractivity contribution in [2.45, 2.75) is 37.7 Å². The third-order valence-corrected chi connectivity index (χ3v) is 6.54. The van der Waals surface area contributed by atoms with Gasteiger partial charge in [0.1, 0.15) is 11.9 Å². The van der Waals surface area contributed by atoms with Crippen molar-refractivity contribution in [1.82, 2.24) is 9.62 Å². The van der Waals surface area contributed by atoms with E-state index in [0.717, 1.165) is 12.1 Å². The van der Waals surface area contributed by atoms with Gasteiger partial charge < -0.3 is 9.64 Å². The molecule has 1 saturated heterocycles. The molecular formula is C21H24F2N2O4S. The average molecular weight is 438 g/mol. The van der Waals surface area contributed by atoms with Crippen molar-refractivity contribution >= 4 is 15.9 Å². The summed E-state index contributed by atoms with van der Waals surface area (Å²) < 4.78 is 59.4. The summed E-state index contributed by atoms with van der Waals surface area (Å²) in [5.74, 6) is -1.71. The number of hydrogen-bond acceptors (Lipinski definition) is 4. The molecule has 0 bridgehead atoms. The first-order chi connectivity index (χ1) is 14.2. The van der Waals surface area contributed by atoms with Crippen LogP contribution >= 0.6 is 0 Å². The number of benzene rings is 2. The highest BCUT2D eigenvalue weighted by Crippen LogP contribution is 2.24. The molecule has 0 atom stereocenters. The van der Waals surface area contributed by atoms with Gasteiger partial charge in [-0.3, -0.25) is 4.79 Å². The molecule has 0 radical (unpaired) electrons. The Kier molecular flexibility index (Phi) is 6.72. The van der Waals surface area contributed by atoms with Crippen LogP contribution in [0, 0.1) is 18.6 Å². The van der Waals surface area contributed by atoms with E-state index in [-0.39, 0.29) is 29.2 Å². The summed E-state index contributed by atoms with van der Waals surface area (Å²) in [5, 5.41) is 0. The zero-order valence-electron chi connectivity index (χ0n) is 16.8. The normalized spacial score (nSPS) is 15.3. The first-order valence-corrected chi connectivity index (χ1v) is 11.2. The van der Waals surface area contributed by atoms with Crippen molar-refractivity contribution in [3.63, 3.8) is 0 Å². The summed E-state index contributed by atoms with van der Waals surface area (Å²) in [4.78, 5) is 14.7. The zero-order chi connectivity index (χ0) is 21.9. The second kappa shape index (κ2) is 9.09.